The van der Waals surface area contributed by atoms with Crippen molar-refractivity contribution < 1.29 is 14.0 Å². The summed E-state index contributed by atoms with van der Waals surface area (Å²) in [6.45, 7) is 6.02. The van der Waals surface area contributed by atoms with Crippen LogP contribution in [-0.4, -0.2) is 73.9 Å². The van der Waals surface area contributed by atoms with Gasteiger partial charge in [-0.1, -0.05) is 42.5 Å². The average Bonchev–Trinajstić information content (AvgIpc) is 3.74. The highest BCUT2D eigenvalue weighted by Gasteiger charge is 2.30. The van der Waals surface area contributed by atoms with Gasteiger partial charge in [-0.05, 0) is 50.6 Å². The first-order chi connectivity index (χ1) is 20.8. The van der Waals surface area contributed by atoms with Gasteiger partial charge in [0, 0.05) is 37.9 Å². The highest BCUT2D eigenvalue weighted by atomic mass is 16.4. The molecule has 1 fully saturated rings. The molecule has 11 nitrogen and oxygen atoms in total. The number of nitrogens with zero attached hydrogens (tertiary/aromatic N) is 6. The average molecular weight is 579 g/mol. The number of anilines is 2. The summed E-state index contributed by atoms with van der Waals surface area (Å²) in [7, 11) is 2.02. The predicted octanol–water partition coefficient (Wildman–Crippen LogP) is 4.74. The van der Waals surface area contributed by atoms with Gasteiger partial charge in [0.05, 0.1) is 17.0 Å². The number of carbonyl (C=O) groups is 2. The third kappa shape index (κ3) is 5.71. The zero-order valence-corrected chi connectivity index (χ0v) is 24.4. The van der Waals surface area contributed by atoms with Gasteiger partial charge in [-0.2, -0.15) is 4.98 Å². The van der Waals surface area contributed by atoms with Crippen LogP contribution < -0.4 is 11.1 Å². The Labute approximate surface area is 249 Å². The van der Waals surface area contributed by atoms with Crippen molar-refractivity contribution in [3.8, 4) is 11.1 Å². The second kappa shape index (κ2) is 11.7. The van der Waals surface area contributed by atoms with Crippen LogP contribution in [0.25, 0.3) is 33.3 Å². The Morgan fingerprint density at radius 3 is 2.77 bits per heavy atom. The Hall–Kier alpha value is -5.03. The molecule has 3 aromatic heterocycles. The van der Waals surface area contributed by atoms with E-state index >= 15 is 0 Å². The maximum atomic E-state index is 13.6. The molecule has 4 heterocycles. The smallest absolute Gasteiger partial charge is 0.302 e. The first kappa shape index (κ1) is 28.1. The highest BCUT2D eigenvalue weighted by Crippen LogP contribution is 2.32. The number of likely N-dealkylation sites (tertiary alicyclic amines) is 1. The quantitative estimate of drug-likeness (QED) is 0.252. The zero-order chi connectivity index (χ0) is 30.1. The lowest BCUT2D eigenvalue weighted by molar-refractivity contribution is -0.125. The van der Waals surface area contributed by atoms with Crippen LogP contribution in [0.3, 0.4) is 0 Å². The van der Waals surface area contributed by atoms with Crippen LogP contribution in [0.1, 0.15) is 36.7 Å². The van der Waals surface area contributed by atoms with Gasteiger partial charge >= 0.3 is 6.01 Å². The van der Waals surface area contributed by atoms with Gasteiger partial charge in [-0.3, -0.25) is 14.9 Å². The van der Waals surface area contributed by atoms with Crippen molar-refractivity contribution in [1.82, 2.24) is 29.3 Å². The number of nitrogens with two attached hydrogens (primary N) is 1. The summed E-state index contributed by atoms with van der Waals surface area (Å²) in [6, 6.07) is 16.1. The Bertz CT molecular complexity index is 1820. The number of amides is 2. The first-order valence-corrected chi connectivity index (χ1v) is 14.3. The largest absolute Gasteiger partial charge is 0.423 e. The summed E-state index contributed by atoms with van der Waals surface area (Å²) in [5.74, 6) is -0.278. The predicted molar refractivity (Wildman–Crippen MR) is 166 cm³/mol. The van der Waals surface area contributed by atoms with Gasteiger partial charge in [-0.15, -0.1) is 0 Å². The van der Waals surface area contributed by atoms with Gasteiger partial charge in [0.15, 0.2) is 5.58 Å². The summed E-state index contributed by atoms with van der Waals surface area (Å²) in [5.41, 5.74) is 10.3. The zero-order valence-electron chi connectivity index (χ0n) is 24.4. The number of rotatable bonds is 8. The number of aromatic nitrogens is 4. The van der Waals surface area contributed by atoms with Crippen molar-refractivity contribution in [2.45, 2.75) is 32.4 Å². The molecule has 2 amide bonds. The molecule has 0 unspecified atom stereocenters. The Morgan fingerprint density at radius 1 is 1.16 bits per heavy atom. The molecule has 220 valence electrons. The number of benzene rings is 2. The van der Waals surface area contributed by atoms with Crippen LogP contribution in [0, 0.1) is 0 Å². The van der Waals surface area contributed by atoms with Crippen molar-refractivity contribution in [1.29, 1.82) is 0 Å². The molecule has 1 atom stereocenters. The lowest BCUT2D eigenvalue weighted by Crippen LogP contribution is -2.29. The van der Waals surface area contributed by atoms with E-state index in [9.17, 15) is 9.59 Å². The Kier molecular flexibility index (Phi) is 7.64. The molecule has 6 rings (SSSR count). The molecule has 11 heteroatoms. The van der Waals surface area contributed by atoms with Crippen LogP contribution in [0.4, 0.5) is 11.8 Å². The number of likely N-dealkylation sites (N-methyl/N-ethyl adjacent to an activating group) is 1. The van der Waals surface area contributed by atoms with E-state index in [1.54, 1.807) is 12.3 Å². The number of hydrogen-bond acceptors (Lipinski definition) is 8. The molecule has 0 aliphatic carbocycles. The van der Waals surface area contributed by atoms with E-state index in [1.165, 1.54) is 6.33 Å². The molecule has 1 aliphatic rings. The second-order valence-corrected chi connectivity index (χ2v) is 11.1. The van der Waals surface area contributed by atoms with Crippen molar-refractivity contribution in [3.05, 3.63) is 78.8 Å². The molecular weight excluding hydrogens is 544 g/mol. The molecule has 1 saturated heterocycles. The molecule has 0 spiro atoms. The standard InChI is InChI=1S/C32H34N8O3/c1-20(2)38(3)14-7-10-27(41)39-15-13-23(17-39)40-18-24(28-29(33)34-19-35-30(28)40)31(42)37-32-36-25-16-22(11-12-26(25)43-32)21-8-5-4-6-9-21/h4-12,16,18-20,23H,13-15,17H2,1-3H3,(H2,33,34,35)(H,36,37,42)/b10-7+/t23-/m1/s1. The van der Waals surface area contributed by atoms with E-state index < -0.39 is 5.91 Å². The van der Waals surface area contributed by atoms with Crippen molar-refractivity contribution >= 4 is 45.8 Å². The summed E-state index contributed by atoms with van der Waals surface area (Å²) in [4.78, 5) is 43.5. The Balaban J connectivity index is 1.22. The van der Waals surface area contributed by atoms with Crippen LogP contribution in [-0.2, 0) is 4.79 Å². The van der Waals surface area contributed by atoms with E-state index in [-0.39, 0.29) is 23.8 Å². The summed E-state index contributed by atoms with van der Waals surface area (Å²) < 4.78 is 7.75. The number of oxazole rings is 1. The van der Waals surface area contributed by atoms with Crippen LogP contribution in [0.15, 0.2) is 77.6 Å². The third-order valence-electron chi connectivity index (χ3n) is 8.00. The molecule has 0 bridgehead atoms. The number of nitrogen functional groups attached to an aromatic ring is 1. The van der Waals surface area contributed by atoms with E-state index in [4.69, 9.17) is 10.2 Å². The third-order valence-corrected chi connectivity index (χ3v) is 8.00. The van der Waals surface area contributed by atoms with Gasteiger partial charge in [-0.25, -0.2) is 9.97 Å². The number of fused-ring (bicyclic) bond motifs is 2. The molecule has 0 radical (unpaired) electrons. The van der Waals surface area contributed by atoms with E-state index in [2.05, 4.69) is 39.0 Å². The van der Waals surface area contributed by atoms with Crippen LogP contribution >= 0.6 is 0 Å². The van der Waals surface area contributed by atoms with Crippen molar-refractivity contribution in [3.63, 3.8) is 0 Å². The van der Waals surface area contributed by atoms with Gasteiger partial charge in [0.2, 0.25) is 5.91 Å². The lowest BCUT2D eigenvalue weighted by atomic mass is 10.1. The van der Waals surface area contributed by atoms with Crippen LogP contribution in [0.2, 0.25) is 0 Å². The minimum Gasteiger partial charge on any atom is -0.423 e. The van der Waals surface area contributed by atoms with E-state index in [1.807, 2.05) is 71.1 Å². The number of nitrogens with one attached hydrogen (secondary N) is 1. The van der Waals surface area contributed by atoms with E-state index in [0.29, 0.717) is 53.4 Å². The fourth-order valence-corrected chi connectivity index (χ4v) is 5.32. The normalized spacial score (nSPS) is 15.5. The van der Waals surface area contributed by atoms with Gasteiger partial charge in [0.25, 0.3) is 5.91 Å². The van der Waals surface area contributed by atoms with Crippen LogP contribution in [0.5, 0.6) is 0 Å². The summed E-state index contributed by atoms with van der Waals surface area (Å²) >= 11 is 0. The van der Waals surface area contributed by atoms with Gasteiger partial charge < -0.3 is 24.5 Å². The fraction of sp³-hybridized carbons (Fsp3) is 0.281. The second-order valence-electron chi connectivity index (χ2n) is 11.1. The minimum atomic E-state index is -0.441. The number of carbonyl (C=O) groups excluding carboxylic acids is 2. The SMILES string of the molecule is CC(C)N(C)C/C=C/C(=O)N1CC[C@@H](n2cc(C(=O)Nc3nc4cc(-c5ccccc5)ccc4o3)c3c(N)ncnc32)C1. The summed E-state index contributed by atoms with van der Waals surface area (Å²) in [5, 5.41) is 3.23. The maximum Gasteiger partial charge on any atom is 0.302 e. The molecule has 0 saturated carbocycles. The molecule has 2 aromatic carbocycles. The first-order valence-electron chi connectivity index (χ1n) is 14.3. The van der Waals surface area contributed by atoms with Crippen molar-refractivity contribution in [2.24, 2.45) is 0 Å². The molecule has 1 aliphatic heterocycles. The molecular formula is C32H34N8O3. The van der Waals surface area contributed by atoms with Crippen molar-refractivity contribution in [2.75, 3.05) is 37.7 Å². The summed E-state index contributed by atoms with van der Waals surface area (Å²) in [6.07, 6.45) is 7.36. The lowest BCUT2D eigenvalue weighted by Gasteiger charge is -2.19. The highest BCUT2D eigenvalue weighted by molar-refractivity contribution is 6.14. The molecule has 43 heavy (non-hydrogen) atoms. The Morgan fingerprint density at radius 2 is 1.98 bits per heavy atom. The topological polar surface area (TPSA) is 135 Å². The molecule has 5 aromatic rings. The monoisotopic (exact) mass is 578 g/mol. The molecule has 3 N–H and O–H groups in total. The maximum absolute atomic E-state index is 13.6. The fourth-order valence-electron chi connectivity index (χ4n) is 5.32. The number of hydrogen-bond donors (Lipinski definition) is 2. The van der Waals surface area contributed by atoms with Gasteiger partial charge in [0.1, 0.15) is 23.3 Å². The minimum absolute atomic E-state index is 0.0328. The van der Waals surface area contributed by atoms with E-state index in [0.717, 1.165) is 17.5 Å².